The van der Waals surface area contributed by atoms with Crippen molar-refractivity contribution in [1.82, 2.24) is 9.55 Å². The Hall–Kier alpha value is -2.75. The van der Waals surface area contributed by atoms with Crippen molar-refractivity contribution in [2.24, 2.45) is 0 Å². The summed E-state index contributed by atoms with van der Waals surface area (Å²) in [5, 5.41) is 11.4. The summed E-state index contributed by atoms with van der Waals surface area (Å²) >= 11 is 1.38. The Labute approximate surface area is 132 Å². The second-order valence-electron chi connectivity index (χ2n) is 4.52. The maximum Gasteiger partial charge on any atom is 0.351 e. The third-order valence-electron chi connectivity index (χ3n) is 3.10. The molecule has 2 heterocycles. The minimum absolute atomic E-state index is 0.366. The third-order valence-corrected chi connectivity index (χ3v) is 4.07. The van der Waals surface area contributed by atoms with Crippen molar-refractivity contribution in [2.45, 2.75) is 11.7 Å². The predicted octanol–water partition coefficient (Wildman–Crippen LogP) is 1.62. The van der Waals surface area contributed by atoms with E-state index in [0.717, 1.165) is 18.3 Å². The van der Waals surface area contributed by atoms with Crippen LogP contribution in [-0.4, -0.2) is 26.2 Å². The molecule has 23 heavy (non-hydrogen) atoms. The first-order valence-electron chi connectivity index (χ1n) is 6.36. The van der Waals surface area contributed by atoms with Crippen LogP contribution in [0.3, 0.4) is 0 Å². The van der Waals surface area contributed by atoms with E-state index in [1.54, 1.807) is 0 Å². The van der Waals surface area contributed by atoms with Crippen LogP contribution in [0.5, 0.6) is 5.75 Å². The van der Waals surface area contributed by atoms with E-state index < -0.39 is 33.7 Å². The monoisotopic (exact) mass is 337 g/mol. The molecule has 1 aromatic heterocycles. The summed E-state index contributed by atoms with van der Waals surface area (Å²) in [4.78, 5) is 38.3. The zero-order valence-corrected chi connectivity index (χ0v) is 12.2. The highest BCUT2D eigenvalue weighted by Gasteiger charge is 2.24. The molecule has 0 radical (unpaired) electrons. The van der Waals surface area contributed by atoms with Crippen LogP contribution in [0.2, 0.25) is 0 Å². The summed E-state index contributed by atoms with van der Waals surface area (Å²) in [5.74, 6) is -1.84. The molecule has 0 aliphatic carbocycles. The average Bonchev–Trinajstić information content (AvgIpc) is 2.96. The highest BCUT2D eigenvalue weighted by molar-refractivity contribution is 7.99. The van der Waals surface area contributed by atoms with Crippen LogP contribution < -0.4 is 10.3 Å². The molecule has 0 atom stereocenters. The van der Waals surface area contributed by atoms with E-state index >= 15 is 0 Å². The first-order valence-corrected chi connectivity index (χ1v) is 7.34. The molecule has 8 nitrogen and oxygen atoms in total. The fourth-order valence-electron chi connectivity index (χ4n) is 2.03. The maximum atomic E-state index is 13.2. The summed E-state index contributed by atoms with van der Waals surface area (Å²) in [6.45, 7) is 0.410. The number of ether oxygens (including phenoxy) is 1. The molecular weight excluding hydrogens is 329 g/mol. The largest absolute Gasteiger partial charge is 0.415 e. The van der Waals surface area contributed by atoms with E-state index in [1.165, 1.54) is 16.3 Å². The minimum atomic E-state index is -1.12. The number of rotatable bonds is 3. The third kappa shape index (κ3) is 2.80. The highest BCUT2D eigenvalue weighted by Crippen LogP contribution is 2.28. The van der Waals surface area contributed by atoms with Crippen molar-refractivity contribution in [2.75, 3.05) is 5.75 Å². The Balaban J connectivity index is 1.96. The normalized spacial score (nSPS) is 12.7. The Morgan fingerprint density at radius 3 is 3.00 bits per heavy atom. The van der Waals surface area contributed by atoms with Crippen molar-refractivity contribution in [3.05, 3.63) is 56.2 Å². The van der Waals surface area contributed by atoms with Gasteiger partial charge < -0.3 is 4.74 Å². The second kappa shape index (κ2) is 5.80. The van der Waals surface area contributed by atoms with Crippen molar-refractivity contribution in [1.29, 1.82) is 0 Å². The quantitative estimate of drug-likeness (QED) is 0.275. The van der Waals surface area contributed by atoms with Gasteiger partial charge in [0.15, 0.2) is 5.16 Å². The van der Waals surface area contributed by atoms with E-state index in [0.29, 0.717) is 23.5 Å². The molecule has 0 fully saturated rings. The van der Waals surface area contributed by atoms with Crippen LogP contribution in [0.4, 0.5) is 10.1 Å². The van der Waals surface area contributed by atoms with Gasteiger partial charge >= 0.3 is 11.7 Å². The molecule has 0 unspecified atom stereocenters. The summed E-state index contributed by atoms with van der Waals surface area (Å²) in [6.07, 6.45) is 1.06. The van der Waals surface area contributed by atoms with Crippen LogP contribution in [0.25, 0.3) is 0 Å². The van der Waals surface area contributed by atoms with Gasteiger partial charge in [-0.2, -0.15) is 0 Å². The zero-order chi connectivity index (χ0) is 16.6. The number of fused-ring (bicyclic) bond motifs is 1. The lowest BCUT2D eigenvalue weighted by Gasteiger charge is -2.06. The first-order chi connectivity index (χ1) is 11.0. The molecule has 1 aromatic carbocycles. The predicted molar refractivity (Wildman–Crippen MR) is 77.2 cm³/mol. The molecule has 2 aromatic rings. The number of carbonyl (C=O) groups is 1. The topological polar surface area (TPSA) is 104 Å². The maximum absolute atomic E-state index is 13.2. The number of carbonyl (C=O) groups excluding carboxylic acids is 1. The summed E-state index contributed by atoms with van der Waals surface area (Å²) < 4.78 is 19.4. The van der Waals surface area contributed by atoms with E-state index in [2.05, 4.69) is 4.98 Å². The van der Waals surface area contributed by atoms with E-state index in [4.69, 9.17) is 4.74 Å². The smallest absolute Gasteiger partial charge is 0.351 e. The van der Waals surface area contributed by atoms with Gasteiger partial charge in [-0.1, -0.05) is 11.8 Å². The van der Waals surface area contributed by atoms with Gasteiger partial charge in [0, 0.05) is 24.4 Å². The van der Waals surface area contributed by atoms with Gasteiger partial charge in [0.05, 0.1) is 11.1 Å². The Morgan fingerprint density at radius 1 is 1.48 bits per heavy atom. The molecule has 0 N–H and O–H groups in total. The number of benzene rings is 1. The number of aromatic nitrogens is 2. The molecule has 0 saturated carbocycles. The van der Waals surface area contributed by atoms with Gasteiger partial charge in [-0.25, -0.2) is 14.2 Å². The molecule has 118 valence electrons. The number of esters is 1. The Morgan fingerprint density at radius 2 is 2.26 bits per heavy atom. The Kier molecular flexibility index (Phi) is 3.82. The molecule has 10 heteroatoms. The number of hydrogen-bond donors (Lipinski definition) is 0. The first kappa shape index (κ1) is 15.2. The van der Waals surface area contributed by atoms with Gasteiger partial charge in [-0.15, -0.1) is 0 Å². The number of nitro benzene ring substituents is 1. The highest BCUT2D eigenvalue weighted by atomic mass is 32.2. The lowest BCUT2D eigenvalue weighted by Crippen LogP contribution is -2.28. The van der Waals surface area contributed by atoms with Crippen LogP contribution in [0.1, 0.15) is 10.4 Å². The number of nitro groups is 1. The lowest BCUT2D eigenvalue weighted by atomic mass is 10.3. The SMILES string of the molecule is O=C(Oc1cc(F)ccc1[N+](=O)[O-])c1cnc2n(c1=O)CCS2. The summed E-state index contributed by atoms with van der Waals surface area (Å²) in [7, 11) is 0. The molecule has 0 bridgehead atoms. The molecule has 0 spiro atoms. The standard InChI is InChI=1S/C13H8FN3O5S/c14-7-1-2-9(17(20)21)10(5-7)22-12(19)8-6-15-13-16(11(8)18)3-4-23-13/h1-2,5-6H,3-4H2. The van der Waals surface area contributed by atoms with Crippen LogP contribution in [0.15, 0.2) is 34.3 Å². The fraction of sp³-hybridized carbons (Fsp3) is 0.154. The molecule has 1 aliphatic rings. The molecular formula is C13H8FN3O5S. The van der Waals surface area contributed by atoms with Crippen molar-refractivity contribution in [3.8, 4) is 5.75 Å². The number of hydrogen-bond acceptors (Lipinski definition) is 7. The van der Waals surface area contributed by atoms with E-state index in [-0.39, 0.29) is 5.56 Å². The van der Waals surface area contributed by atoms with Crippen LogP contribution in [0, 0.1) is 15.9 Å². The summed E-state index contributed by atoms with van der Waals surface area (Å²) in [6, 6.07) is 2.46. The van der Waals surface area contributed by atoms with Crippen LogP contribution in [-0.2, 0) is 6.54 Å². The fourth-order valence-corrected chi connectivity index (χ4v) is 2.95. The number of nitrogens with zero attached hydrogens (tertiary/aromatic N) is 3. The average molecular weight is 337 g/mol. The van der Waals surface area contributed by atoms with E-state index in [9.17, 15) is 24.1 Å². The van der Waals surface area contributed by atoms with Crippen molar-refractivity contribution >= 4 is 23.4 Å². The molecule has 0 saturated heterocycles. The van der Waals surface area contributed by atoms with E-state index in [1.807, 2.05) is 0 Å². The lowest BCUT2D eigenvalue weighted by molar-refractivity contribution is -0.385. The second-order valence-corrected chi connectivity index (χ2v) is 5.58. The van der Waals surface area contributed by atoms with Gasteiger partial charge in [-0.3, -0.25) is 19.5 Å². The molecule has 0 amide bonds. The minimum Gasteiger partial charge on any atom is -0.415 e. The van der Waals surface area contributed by atoms with Crippen molar-refractivity contribution in [3.63, 3.8) is 0 Å². The van der Waals surface area contributed by atoms with Gasteiger partial charge in [0.2, 0.25) is 5.75 Å². The molecule has 1 aliphatic heterocycles. The van der Waals surface area contributed by atoms with Gasteiger partial charge in [0.1, 0.15) is 11.4 Å². The van der Waals surface area contributed by atoms with Gasteiger partial charge in [0.25, 0.3) is 5.56 Å². The van der Waals surface area contributed by atoms with Crippen LogP contribution >= 0.6 is 11.8 Å². The summed E-state index contributed by atoms with van der Waals surface area (Å²) in [5.41, 5.74) is -1.54. The molecule has 3 rings (SSSR count). The number of thioether (sulfide) groups is 1. The number of halogens is 1. The van der Waals surface area contributed by atoms with Crippen molar-refractivity contribution < 1.29 is 18.8 Å². The zero-order valence-electron chi connectivity index (χ0n) is 11.4. The Bertz CT molecular complexity index is 882. The van der Waals surface area contributed by atoms with Gasteiger partial charge in [-0.05, 0) is 6.07 Å².